The summed E-state index contributed by atoms with van der Waals surface area (Å²) in [5.41, 5.74) is -0.500. The van der Waals surface area contributed by atoms with E-state index >= 15 is 0 Å². The molecule has 6 heteroatoms. The van der Waals surface area contributed by atoms with Crippen LogP contribution in [0.5, 0.6) is 0 Å². The van der Waals surface area contributed by atoms with Gasteiger partial charge in [-0.15, -0.1) is 12.4 Å². The van der Waals surface area contributed by atoms with Gasteiger partial charge in [-0.2, -0.15) is 0 Å². The Kier molecular flexibility index (Phi) is 5.83. The summed E-state index contributed by atoms with van der Waals surface area (Å²) in [6.45, 7) is 7.11. The van der Waals surface area contributed by atoms with Gasteiger partial charge in [0.25, 0.3) is 0 Å². The SMILES string of the molecule is CC(C)(C)OC(=O)[C@@H]1CCCN1C(=O)[C@@H]1CCCN1.Cl. The summed E-state index contributed by atoms with van der Waals surface area (Å²) >= 11 is 0. The molecule has 2 aliphatic heterocycles. The van der Waals surface area contributed by atoms with Crippen LogP contribution in [0.2, 0.25) is 0 Å². The largest absolute Gasteiger partial charge is 0.458 e. The maximum atomic E-state index is 12.4. The highest BCUT2D eigenvalue weighted by Crippen LogP contribution is 2.23. The first kappa shape index (κ1) is 17.2. The van der Waals surface area contributed by atoms with E-state index in [1.165, 1.54) is 0 Å². The van der Waals surface area contributed by atoms with Crippen LogP contribution in [0.3, 0.4) is 0 Å². The molecule has 5 nitrogen and oxygen atoms in total. The van der Waals surface area contributed by atoms with Crippen LogP contribution in [-0.4, -0.2) is 47.6 Å². The number of nitrogens with one attached hydrogen (secondary N) is 1. The van der Waals surface area contributed by atoms with Gasteiger partial charge in [0, 0.05) is 6.54 Å². The summed E-state index contributed by atoms with van der Waals surface area (Å²) < 4.78 is 5.41. The maximum absolute atomic E-state index is 12.4. The molecule has 2 heterocycles. The minimum atomic E-state index is -0.500. The van der Waals surface area contributed by atoms with E-state index in [0.717, 1.165) is 25.8 Å². The van der Waals surface area contributed by atoms with Crippen LogP contribution in [0, 0.1) is 0 Å². The van der Waals surface area contributed by atoms with Crippen molar-refractivity contribution in [2.75, 3.05) is 13.1 Å². The average molecular weight is 305 g/mol. The van der Waals surface area contributed by atoms with Gasteiger partial charge in [0.05, 0.1) is 6.04 Å². The van der Waals surface area contributed by atoms with Crippen molar-refractivity contribution < 1.29 is 14.3 Å². The molecule has 20 heavy (non-hydrogen) atoms. The van der Waals surface area contributed by atoms with Gasteiger partial charge in [-0.3, -0.25) is 4.79 Å². The Morgan fingerprint density at radius 2 is 1.90 bits per heavy atom. The van der Waals surface area contributed by atoms with Crippen molar-refractivity contribution in [3.63, 3.8) is 0 Å². The van der Waals surface area contributed by atoms with Gasteiger partial charge in [-0.1, -0.05) is 0 Å². The zero-order chi connectivity index (χ0) is 14.0. The Labute approximate surface area is 126 Å². The smallest absolute Gasteiger partial charge is 0.329 e. The number of hydrogen-bond donors (Lipinski definition) is 1. The Balaban J connectivity index is 0.00000200. The van der Waals surface area contributed by atoms with Crippen LogP contribution >= 0.6 is 12.4 Å². The highest BCUT2D eigenvalue weighted by molar-refractivity contribution is 5.88. The molecule has 1 N–H and O–H groups in total. The van der Waals surface area contributed by atoms with Gasteiger partial charge < -0.3 is 15.0 Å². The van der Waals surface area contributed by atoms with Gasteiger partial charge in [0.15, 0.2) is 0 Å². The van der Waals surface area contributed by atoms with Crippen LogP contribution in [-0.2, 0) is 14.3 Å². The molecule has 0 aromatic heterocycles. The number of hydrogen-bond acceptors (Lipinski definition) is 4. The highest BCUT2D eigenvalue weighted by Gasteiger charge is 2.39. The number of amides is 1. The monoisotopic (exact) mass is 304 g/mol. The Hall–Kier alpha value is -0.810. The van der Waals surface area contributed by atoms with Crippen LogP contribution in [0.4, 0.5) is 0 Å². The first-order valence-corrected chi connectivity index (χ1v) is 7.15. The third-order valence-corrected chi connectivity index (χ3v) is 3.57. The van der Waals surface area contributed by atoms with Crippen molar-refractivity contribution in [3.05, 3.63) is 0 Å². The zero-order valence-electron chi connectivity index (χ0n) is 12.5. The van der Waals surface area contributed by atoms with Gasteiger partial charge in [0.1, 0.15) is 11.6 Å². The van der Waals surface area contributed by atoms with Crippen molar-refractivity contribution >= 4 is 24.3 Å². The van der Waals surface area contributed by atoms with Crippen LogP contribution < -0.4 is 5.32 Å². The molecule has 2 atom stereocenters. The fraction of sp³-hybridized carbons (Fsp3) is 0.857. The second-order valence-electron chi connectivity index (χ2n) is 6.37. The normalized spacial score (nSPS) is 26.2. The summed E-state index contributed by atoms with van der Waals surface area (Å²) in [6, 6.07) is -0.503. The number of carbonyl (C=O) groups excluding carboxylic acids is 2. The standard InChI is InChI=1S/C14H24N2O3.ClH/c1-14(2,3)19-13(18)11-7-5-9-16(11)12(17)10-6-4-8-15-10;/h10-11,15H,4-9H2,1-3H3;1H/t10-,11-;/m0./s1. The summed E-state index contributed by atoms with van der Waals surface area (Å²) in [5.74, 6) is -0.206. The number of rotatable bonds is 2. The number of ether oxygens (including phenoxy) is 1. The van der Waals surface area contributed by atoms with Crippen molar-refractivity contribution in [1.29, 1.82) is 0 Å². The molecule has 0 spiro atoms. The number of nitrogens with zero attached hydrogens (tertiary/aromatic N) is 1. The Bertz CT molecular complexity index is 362. The van der Waals surface area contributed by atoms with Crippen LogP contribution in [0.25, 0.3) is 0 Å². The fourth-order valence-corrected chi connectivity index (χ4v) is 2.74. The predicted molar refractivity (Wildman–Crippen MR) is 78.9 cm³/mol. The number of halogens is 1. The summed E-state index contributed by atoms with van der Waals surface area (Å²) in [5, 5.41) is 3.20. The molecule has 0 aromatic rings. The molecule has 2 rings (SSSR count). The lowest BCUT2D eigenvalue weighted by Crippen LogP contribution is -2.49. The summed E-state index contributed by atoms with van der Waals surface area (Å²) in [7, 11) is 0. The van der Waals surface area contributed by atoms with E-state index < -0.39 is 11.6 Å². The van der Waals surface area contributed by atoms with Crippen LogP contribution in [0.1, 0.15) is 46.5 Å². The van der Waals surface area contributed by atoms with E-state index in [2.05, 4.69) is 5.32 Å². The number of likely N-dealkylation sites (tertiary alicyclic amines) is 1. The van der Waals surface area contributed by atoms with Gasteiger partial charge in [0.2, 0.25) is 5.91 Å². The molecule has 1 amide bonds. The molecule has 0 aliphatic carbocycles. The fourth-order valence-electron chi connectivity index (χ4n) is 2.74. The van der Waals surface area contributed by atoms with Crippen molar-refractivity contribution in [2.24, 2.45) is 0 Å². The zero-order valence-corrected chi connectivity index (χ0v) is 13.3. The Morgan fingerprint density at radius 3 is 2.45 bits per heavy atom. The maximum Gasteiger partial charge on any atom is 0.329 e. The minimum Gasteiger partial charge on any atom is -0.458 e. The second kappa shape index (κ2) is 6.76. The number of esters is 1. The predicted octanol–water partition coefficient (Wildman–Crippen LogP) is 1.49. The first-order chi connectivity index (χ1) is 8.88. The molecule has 116 valence electrons. The quantitative estimate of drug-likeness (QED) is 0.785. The lowest BCUT2D eigenvalue weighted by molar-refractivity contribution is -0.163. The van der Waals surface area contributed by atoms with Crippen molar-refractivity contribution in [3.8, 4) is 0 Å². The third-order valence-electron chi connectivity index (χ3n) is 3.57. The summed E-state index contributed by atoms with van der Waals surface area (Å²) in [6.07, 6.45) is 3.49. The Morgan fingerprint density at radius 1 is 1.20 bits per heavy atom. The molecular weight excluding hydrogens is 280 g/mol. The molecule has 0 radical (unpaired) electrons. The molecule has 0 aromatic carbocycles. The third kappa shape index (κ3) is 4.09. The van der Waals surface area contributed by atoms with E-state index in [1.807, 2.05) is 20.8 Å². The molecule has 0 bridgehead atoms. The molecule has 2 aliphatic rings. The van der Waals surface area contributed by atoms with Crippen molar-refractivity contribution in [2.45, 2.75) is 64.1 Å². The number of carbonyl (C=O) groups is 2. The van der Waals surface area contributed by atoms with Gasteiger partial charge in [-0.05, 0) is 53.0 Å². The lowest BCUT2D eigenvalue weighted by Gasteiger charge is -2.29. The van der Waals surface area contributed by atoms with E-state index in [4.69, 9.17) is 4.74 Å². The average Bonchev–Trinajstić information content (AvgIpc) is 2.97. The molecule has 0 saturated carbocycles. The van der Waals surface area contributed by atoms with E-state index in [9.17, 15) is 9.59 Å². The van der Waals surface area contributed by atoms with Crippen LogP contribution in [0.15, 0.2) is 0 Å². The van der Waals surface area contributed by atoms with Gasteiger partial charge in [-0.25, -0.2) is 4.79 Å². The molecular formula is C14H25ClN2O3. The topological polar surface area (TPSA) is 58.6 Å². The molecule has 0 unspecified atom stereocenters. The van der Waals surface area contributed by atoms with E-state index in [-0.39, 0.29) is 30.3 Å². The first-order valence-electron chi connectivity index (χ1n) is 7.15. The van der Waals surface area contributed by atoms with Gasteiger partial charge >= 0.3 is 5.97 Å². The lowest BCUT2D eigenvalue weighted by atomic mass is 10.1. The highest BCUT2D eigenvalue weighted by atomic mass is 35.5. The van der Waals surface area contributed by atoms with Crippen molar-refractivity contribution in [1.82, 2.24) is 10.2 Å². The molecule has 2 fully saturated rings. The van der Waals surface area contributed by atoms with E-state index in [1.54, 1.807) is 4.90 Å². The summed E-state index contributed by atoms with van der Waals surface area (Å²) in [4.78, 5) is 26.2. The molecule has 2 saturated heterocycles. The second-order valence-corrected chi connectivity index (χ2v) is 6.37. The van der Waals surface area contributed by atoms with E-state index in [0.29, 0.717) is 13.0 Å². The minimum absolute atomic E-state index is 0.